The second kappa shape index (κ2) is 13.3. The largest absolute Gasteiger partial charge is 0.500 e. The highest BCUT2D eigenvalue weighted by Gasteiger charge is 2.47. The molecule has 0 saturated carbocycles. The first kappa shape index (κ1) is 33.7. The third-order valence-electron chi connectivity index (χ3n) is 4.68. The molecule has 1 unspecified atom stereocenters. The van der Waals surface area contributed by atoms with Gasteiger partial charge < -0.3 is 17.4 Å². The van der Waals surface area contributed by atoms with Crippen LogP contribution in [-0.4, -0.2) is 58.0 Å². The van der Waals surface area contributed by atoms with Crippen LogP contribution in [0.3, 0.4) is 0 Å². The van der Waals surface area contributed by atoms with Crippen molar-refractivity contribution in [1.29, 1.82) is 0 Å². The Bertz CT molecular complexity index is 951. The predicted octanol–water partition coefficient (Wildman–Crippen LogP) is 3.82. The van der Waals surface area contributed by atoms with Crippen LogP contribution in [0, 0.1) is 0 Å². The summed E-state index contributed by atoms with van der Waals surface area (Å²) >= 11 is 0. The summed E-state index contributed by atoms with van der Waals surface area (Å²) in [5, 5.41) is 0. The number of aromatic nitrogens is 1. The maximum absolute atomic E-state index is 11.4. The first-order chi connectivity index (χ1) is 15.8. The molecular formula is C17H28F6N2O7S2Si. The van der Waals surface area contributed by atoms with Crippen LogP contribution in [-0.2, 0) is 39.9 Å². The lowest BCUT2D eigenvalue weighted by molar-refractivity contribution is -0.697. The van der Waals surface area contributed by atoms with Crippen molar-refractivity contribution in [3.63, 3.8) is 0 Å². The number of rotatable bonds is 11. The van der Waals surface area contributed by atoms with E-state index >= 15 is 0 Å². The topological polar surface area (TPSA) is 114 Å². The molecule has 0 aliphatic carbocycles. The molecule has 206 valence electrons. The third-order valence-corrected chi connectivity index (χ3v) is 10.2. The molecule has 0 fully saturated rings. The van der Waals surface area contributed by atoms with E-state index in [1.165, 1.54) is 5.56 Å². The van der Waals surface area contributed by atoms with Gasteiger partial charge in [0.1, 0.15) is 6.54 Å². The molecule has 0 N–H and O–H groups in total. The Kier molecular flexibility index (Phi) is 12.8. The molecule has 0 saturated heterocycles. The van der Waals surface area contributed by atoms with Crippen LogP contribution < -0.4 is 4.57 Å². The molecule has 1 aromatic rings. The maximum Gasteiger partial charge on any atom is 0.500 e. The number of pyridine rings is 1. The lowest BCUT2D eigenvalue weighted by Gasteiger charge is -2.23. The van der Waals surface area contributed by atoms with E-state index in [9.17, 15) is 43.2 Å². The first-order valence-electron chi connectivity index (χ1n) is 9.82. The van der Waals surface area contributed by atoms with Gasteiger partial charge in [0.2, 0.25) is 0 Å². The monoisotopic (exact) mass is 578 g/mol. The summed E-state index contributed by atoms with van der Waals surface area (Å²) in [6, 6.07) is 5.15. The van der Waals surface area contributed by atoms with Gasteiger partial charge in [0.25, 0.3) is 0 Å². The smallest absolute Gasteiger partial charge is 0.421 e. The van der Waals surface area contributed by atoms with Crippen molar-refractivity contribution < 1.29 is 61.0 Å². The van der Waals surface area contributed by atoms with Crippen molar-refractivity contribution in [2.75, 3.05) is 21.3 Å². The minimum Gasteiger partial charge on any atom is -0.421 e. The van der Waals surface area contributed by atoms with E-state index in [2.05, 4.69) is 42.9 Å². The molecule has 0 bridgehead atoms. The molecule has 35 heavy (non-hydrogen) atoms. The van der Waals surface area contributed by atoms with E-state index in [4.69, 9.17) is 13.3 Å². The van der Waals surface area contributed by atoms with Gasteiger partial charge in [-0.15, -0.1) is 0 Å². The molecule has 9 nitrogen and oxygen atoms in total. The summed E-state index contributed by atoms with van der Waals surface area (Å²) in [4.78, 5) is 0. The summed E-state index contributed by atoms with van der Waals surface area (Å²) in [6.45, 7) is 5.44. The third kappa shape index (κ3) is 10.3. The number of hydrogen-bond donors (Lipinski definition) is 0. The Morgan fingerprint density at radius 1 is 0.971 bits per heavy atom. The van der Waals surface area contributed by atoms with Crippen molar-refractivity contribution in [1.82, 2.24) is 0 Å². The standard InChI is InChI=1S/C15H28NO3Si.C2F6NO4S2/c1-6-14(2)15-9-7-10-16(13-15)11-8-12-20(17-3,18-4)19-5;3-1(4,5)14(10,11)9-15(12,13)2(6,7)8/h7,9-10,13-14H,6,8,11-12H2,1-5H3;/q+1;-1. The average Bonchev–Trinajstić information content (AvgIpc) is 2.75. The normalized spacial score (nSPS) is 14.3. The Balaban J connectivity index is 0.000000691. The fourth-order valence-corrected chi connectivity index (χ4v) is 5.87. The summed E-state index contributed by atoms with van der Waals surface area (Å²) in [7, 11) is -10.9. The van der Waals surface area contributed by atoms with Crippen molar-refractivity contribution in [2.24, 2.45) is 0 Å². The van der Waals surface area contributed by atoms with E-state index in [0.717, 1.165) is 29.6 Å². The molecule has 0 radical (unpaired) electrons. The zero-order valence-electron chi connectivity index (χ0n) is 19.6. The van der Waals surface area contributed by atoms with E-state index in [1.807, 2.05) is 0 Å². The zero-order valence-corrected chi connectivity index (χ0v) is 22.2. The van der Waals surface area contributed by atoms with Crippen molar-refractivity contribution in [3.8, 4) is 0 Å². The lowest BCUT2D eigenvalue weighted by Crippen LogP contribution is -2.44. The van der Waals surface area contributed by atoms with Crippen LogP contribution in [0.5, 0.6) is 0 Å². The van der Waals surface area contributed by atoms with Crippen LogP contribution in [0.2, 0.25) is 6.04 Å². The summed E-state index contributed by atoms with van der Waals surface area (Å²) in [6.07, 6.45) is 6.50. The Morgan fingerprint density at radius 2 is 1.43 bits per heavy atom. The van der Waals surface area contributed by atoms with Gasteiger partial charge >= 0.3 is 19.8 Å². The number of halogens is 6. The fourth-order valence-electron chi connectivity index (χ4n) is 2.46. The second-order valence-corrected chi connectivity index (χ2v) is 13.5. The quantitative estimate of drug-likeness (QED) is 0.223. The van der Waals surface area contributed by atoms with Crippen molar-refractivity contribution >= 4 is 28.9 Å². The van der Waals surface area contributed by atoms with Gasteiger partial charge in [-0.3, -0.25) is 0 Å². The van der Waals surface area contributed by atoms with E-state index < -0.39 is 39.9 Å². The summed E-state index contributed by atoms with van der Waals surface area (Å²) in [5.74, 6) is 0.604. The molecule has 18 heteroatoms. The summed E-state index contributed by atoms with van der Waals surface area (Å²) < 4.78 is 128. The number of hydrogen-bond acceptors (Lipinski definition) is 7. The Hall–Kier alpha value is -1.31. The lowest BCUT2D eigenvalue weighted by atomic mass is 10.0. The number of alkyl halides is 6. The highest BCUT2D eigenvalue weighted by Crippen LogP contribution is 2.36. The van der Waals surface area contributed by atoms with E-state index in [0.29, 0.717) is 5.92 Å². The van der Waals surface area contributed by atoms with Crippen LogP contribution in [0.15, 0.2) is 24.5 Å². The number of nitrogens with zero attached hydrogens (tertiary/aromatic N) is 2. The van der Waals surface area contributed by atoms with Gasteiger partial charge in [0.05, 0.1) is 0 Å². The molecule has 1 rings (SSSR count). The highest BCUT2D eigenvalue weighted by atomic mass is 32.3. The SMILES string of the molecule is CCC(C)c1ccc[n+](CCC[Si](OC)(OC)OC)c1.O=S(=O)([N-]S(=O)(=O)C(F)(F)F)C(F)(F)F. The Labute approximate surface area is 201 Å². The van der Waals surface area contributed by atoms with Crippen molar-refractivity contribution in [2.45, 2.75) is 56.2 Å². The number of aryl methyl sites for hydroxylation is 1. The molecular weight excluding hydrogens is 550 g/mol. The van der Waals surface area contributed by atoms with Gasteiger partial charge in [-0.1, -0.05) is 13.8 Å². The molecule has 1 heterocycles. The fraction of sp³-hybridized carbons (Fsp3) is 0.706. The molecule has 1 atom stereocenters. The zero-order chi connectivity index (χ0) is 27.7. The minimum absolute atomic E-state index is 0.604. The Morgan fingerprint density at radius 3 is 1.80 bits per heavy atom. The molecule has 0 aromatic carbocycles. The van der Waals surface area contributed by atoms with Crippen molar-refractivity contribution in [3.05, 3.63) is 34.2 Å². The van der Waals surface area contributed by atoms with E-state index in [1.54, 1.807) is 21.3 Å². The van der Waals surface area contributed by atoms with Gasteiger partial charge in [-0.25, -0.2) is 21.4 Å². The van der Waals surface area contributed by atoms with Gasteiger partial charge in [0, 0.05) is 45.4 Å². The second-order valence-electron chi connectivity index (χ2n) is 7.00. The average molecular weight is 579 g/mol. The van der Waals surface area contributed by atoms with Gasteiger partial charge in [-0.2, -0.15) is 26.3 Å². The van der Waals surface area contributed by atoms with Crippen LogP contribution >= 0.6 is 0 Å². The molecule has 0 amide bonds. The molecule has 0 spiro atoms. The first-order valence-corrected chi connectivity index (χ1v) is 14.6. The predicted molar refractivity (Wildman–Crippen MR) is 115 cm³/mol. The molecule has 0 aliphatic rings. The van der Waals surface area contributed by atoms with Crippen LogP contribution in [0.1, 0.15) is 38.2 Å². The van der Waals surface area contributed by atoms with Gasteiger partial charge in [0.15, 0.2) is 32.4 Å². The minimum atomic E-state index is -6.72. The molecule has 1 aromatic heterocycles. The molecule has 0 aliphatic heterocycles. The van der Waals surface area contributed by atoms with Crippen LogP contribution in [0.4, 0.5) is 26.3 Å². The highest BCUT2D eigenvalue weighted by molar-refractivity contribution is 8.13. The summed E-state index contributed by atoms with van der Waals surface area (Å²) in [5.41, 5.74) is -11.0. The van der Waals surface area contributed by atoms with E-state index in [-0.39, 0.29) is 0 Å². The van der Waals surface area contributed by atoms with Gasteiger partial charge in [-0.05, 0) is 18.4 Å². The van der Waals surface area contributed by atoms with Crippen LogP contribution in [0.25, 0.3) is 4.13 Å². The maximum atomic E-state index is 11.4. The number of sulfonamides is 2.